The molecule has 0 aliphatic carbocycles. The summed E-state index contributed by atoms with van der Waals surface area (Å²) >= 11 is 7.48. The highest BCUT2D eigenvalue weighted by atomic mass is 35.5. The zero-order valence-corrected chi connectivity index (χ0v) is 16.7. The third kappa shape index (κ3) is 5.96. The average Bonchev–Trinajstić information content (AvgIpc) is 3.08. The van der Waals surface area contributed by atoms with Gasteiger partial charge in [-0.3, -0.25) is 14.9 Å². The van der Waals surface area contributed by atoms with E-state index in [1.54, 1.807) is 13.0 Å². The molecule has 0 unspecified atom stereocenters. The molecule has 1 N–H and O–H groups in total. The van der Waals surface area contributed by atoms with Crippen LogP contribution in [0.4, 0.5) is 5.69 Å². The van der Waals surface area contributed by atoms with E-state index in [4.69, 9.17) is 20.9 Å². The molecular formula is C17H18ClN3O6S. The number of carbonyl (C=O) groups excluding carboxylic acids is 2. The van der Waals surface area contributed by atoms with Crippen LogP contribution in [0.25, 0.3) is 0 Å². The highest BCUT2D eigenvalue weighted by molar-refractivity contribution is 7.98. The number of nitrogens with one attached hydrogen (secondary N) is 1. The van der Waals surface area contributed by atoms with Gasteiger partial charge >= 0.3 is 5.97 Å². The van der Waals surface area contributed by atoms with Gasteiger partial charge in [-0.05, 0) is 31.4 Å². The van der Waals surface area contributed by atoms with Gasteiger partial charge in [0.2, 0.25) is 0 Å². The molecule has 1 aromatic heterocycles. The lowest BCUT2D eigenvalue weighted by atomic mass is 10.1. The van der Waals surface area contributed by atoms with Gasteiger partial charge < -0.3 is 14.6 Å². The first-order valence-electron chi connectivity index (χ1n) is 8.14. The molecule has 11 heteroatoms. The van der Waals surface area contributed by atoms with Crippen molar-refractivity contribution in [1.82, 2.24) is 10.5 Å². The van der Waals surface area contributed by atoms with Gasteiger partial charge in [0.1, 0.15) is 24.1 Å². The predicted molar refractivity (Wildman–Crippen MR) is 103 cm³/mol. The second-order valence-corrected chi connectivity index (χ2v) is 7.16. The standard InChI is InChI=1S/C17H18ClN3O6S/c1-10-7-11(20-27-10)9-26-17(23)15(5-6-28-2)19-16(22)13-4-3-12(21(24)25)8-14(13)18/h3-4,7-8,15H,5-6,9H2,1-2H3,(H,19,22)/t15-/m0/s1. The summed E-state index contributed by atoms with van der Waals surface area (Å²) in [7, 11) is 0. The Kier molecular flexibility index (Phi) is 7.82. The maximum Gasteiger partial charge on any atom is 0.329 e. The summed E-state index contributed by atoms with van der Waals surface area (Å²) < 4.78 is 10.1. The smallest absolute Gasteiger partial charge is 0.329 e. The number of esters is 1. The van der Waals surface area contributed by atoms with E-state index in [-0.39, 0.29) is 22.9 Å². The van der Waals surface area contributed by atoms with E-state index in [0.717, 1.165) is 6.07 Å². The SMILES string of the molecule is CSCC[C@H](NC(=O)c1ccc([N+](=O)[O-])cc1Cl)C(=O)OCc1cc(C)on1. The molecule has 1 heterocycles. The number of hydrogen-bond donors (Lipinski definition) is 1. The van der Waals surface area contributed by atoms with Crippen molar-refractivity contribution < 1.29 is 23.8 Å². The summed E-state index contributed by atoms with van der Waals surface area (Å²) in [5.74, 6) is -0.0516. The molecule has 1 amide bonds. The number of aryl methyl sites for hydroxylation is 1. The minimum atomic E-state index is -0.904. The molecule has 28 heavy (non-hydrogen) atoms. The molecule has 2 rings (SSSR count). The van der Waals surface area contributed by atoms with E-state index >= 15 is 0 Å². The molecular weight excluding hydrogens is 410 g/mol. The Morgan fingerprint density at radius 2 is 2.18 bits per heavy atom. The van der Waals surface area contributed by atoms with Crippen molar-refractivity contribution in [1.29, 1.82) is 0 Å². The minimum absolute atomic E-state index is 0.0290. The molecule has 1 atom stereocenters. The van der Waals surface area contributed by atoms with Gasteiger partial charge in [0.15, 0.2) is 0 Å². The summed E-state index contributed by atoms with van der Waals surface area (Å²) in [4.78, 5) is 35.1. The number of amides is 1. The lowest BCUT2D eigenvalue weighted by molar-refractivity contribution is -0.384. The number of nitro groups is 1. The van der Waals surface area contributed by atoms with Gasteiger partial charge in [0.25, 0.3) is 11.6 Å². The van der Waals surface area contributed by atoms with E-state index in [9.17, 15) is 19.7 Å². The fourth-order valence-electron chi connectivity index (χ4n) is 2.25. The Balaban J connectivity index is 2.06. The predicted octanol–water partition coefficient (Wildman–Crippen LogP) is 3.14. The Morgan fingerprint density at radius 1 is 1.43 bits per heavy atom. The van der Waals surface area contributed by atoms with Crippen LogP contribution in [0.3, 0.4) is 0 Å². The number of thioether (sulfide) groups is 1. The molecule has 150 valence electrons. The average molecular weight is 428 g/mol. The van der Waals surface area contributed by atoms with Crippen molar-refractivity contribution in [3.63, 3.8) is 0 Å². The molecule has 0 saturated heterocycles. The zero-order valence-electron chi connectivity index (χ0n) is 15.1. The zero-order chi connectivity index (χ0) is 20.7. The molecule has 1 aromatic carbocycles. The second-order valence-electron chi connectivity index (χ2n) is 5.77. The molecule has 9 nitrogen and oxygen atoms in total. The molecule has 0 radical (unpaired) electrons. The molecule has 0 fully saturated rings. The highest BCUT2D eigenvalue weighted by Gasteiger charge is 2.24. The van der Waals surface area contributed by atoms with Crippen molar-refractivity contribution >= 4 is 40.9 Å². The van der Waals surface area contributed by atoms with Crippen LogP contribution in [0.2, 0.25) is 5.02 Å². The normalized spacial score (nSPS) is 11.7. The number of aromatic nitrogens is 1. The van der Waals surface area contributed by atoms with Crippen LogP contribution in [0.5, 0.6) is 0 Å². The minimum Gasteiger partial charge on any atom is -0.458 e. The van der Waals surface area contributed by atoms with Crippen LogP contribution in [-0.4, -0.2) is 40.0 Å². The monoisotopic (exact) mass is 427 g/mol. The maximum atomic E-state index is 12.5. The van der Waals surface area contributed by atoms with E-state index < -0.39 is 22.8 Å². The number of ether oxygens (including phenoxy) is 1. The lowest BCUT2D eigenvalue weighted by Crippen LogP contribution is -2.42. The summed E-state index contributed by atoms with van der Waals surface area (Å²) in [6.07, 6.45) is 2.21. The van der Waals surface area contributed by atoms with Crippen LogP contribution < -0.4 is 5.32 Å². The topological polar surface area (TPSA) is 125 Å². The van der Waals surface area contributed by atoms with Crippen LogP contribution in [0.1, 0.15) is 28.2 Å². The van der Waals surface area contributed by atoms with Gasteiger partial charge in [-0.15, -0.1) is 0 Å². The number of nitrogens with zero attached hydrogens (tertiary/aromatic N) is 2. The number of benzene rings is 1. The van der Waals surface area contributed by atoms with E-state index in [0.29, 0.717) is 23.6 Å². The Bertz CT molecular complexity index is 872. The first kappa shape index (κ1) is 21.7. The van der Waals surface area contributed by atoms with Crippen LogP contribution >= 0.6 is 23.4 Å². The Hall–Kier alpha value is -2.59. The maximum absolute atomic E-state index is 12.5. The van der Waals surface area contributed by atoms with E-state index in [1.165, 1.54) is 23.9 Å². The number of carbonyl (C=O) groups is 2. The number of non-ortho nitro benzene ring substituents is 1. The van der Waals surface area contributed by atoms with Crippen molar-refractivity contribution in [2.75, 3.05) is 12.0 Å². The molecule has 0 saturated carbocycles. The molecule has 0 aliphatic rings. The Labute approximate surface area is 169 Å². The fourth-order valence-corrected chi connectivity index (χ4v) is 2.99. The first-order chi connectivity index (χ1) is 13.3. The summed E-state index contributed by atoms with van der Waals surface area (Å²) in [5, 5.41) is 17.0. The first-order valence-corrected chi connectivity index (χ1v) is 9.91. The van der Waals surface area contributed by atoms with Gasteiger partial charge in [-0.25, -0.2) is 4.79 Å². The summed E-state index contributed by atoms with van der Waals surface area (Å²) in [5.41, 5.74) is 0.253. The Morgan fingerprint density at radius 3 is 2.75 bits per heavy atom. The number of nitro benzene ring substituents is 1. The van der Waals surface area contributed by atoms with Crippen LogP contribution in [0, 0.1) is 17.0 Å². The van der Waals surface area contributed by atoms with Gasteiger partial charge in [-0.1, -0.05) is 16.8 Å². The summed E-state index contributed by atoms with van der Waals surface area (Å²) in [6, 6.07) is 4.23. The van der Waals surface area contributed by atoms with Crippen LogP contribution in [-0.2, 0) is 16.1 Å². The number of rotatable bonds is 9. The molecule has 0 bridgehead atoms. The molecule has 0 spiro atoms. The van der Waals surface area contributed by atoms with Crippen molar-refractivity contribution in [2.24, 2.45) is 0 Å². The number of halogens is 1. The van der Waals surface area contributed by atoms with Crippen molar-refractivity contribution in [3.05, 3.63) is 56.4 Å². The quantitative estimate of drug-likeness (QED) is 0.367. The number of hydrogen-bond acceptors (Lipinski definition) is 8. The second kappa shape index (κ2) is 10.1. The van der Waals surface area contributed by atoms with Gasteiger partial charge in [0.05, 0.1) is 15.5 Å². The van der Waals surface area contributed by atoms with Crippen LogP contribution in [0.15, 0.2) is 28.8 Å². The largest absolute Gasteiger partial charge is 0.458 e. The van der Waals surface area contributed by atoms with Crippen molar-refractivity contribution in [3.8, 4) is 0 Å². The fraction of sp³-hybridized carbons (Fsp3) is 0.353. The third-order valence-corrected chi connectivity index (χ3v) is 4.60. The van der Waals surface area contributed by atoms with Crippen molar-refractivity contribution in [2.45, 2.75) is 26.0 Å². The van der Waals surface area contributed by atoms with Gasteiger partial charge in [0, 0.05) is 18.2 Å². The van der Waals surface area contributed by atoms with E-state index in [1.807, 2.05) is 6.26 Å². The highest BCUT2D eigenvalue weighted by Crippen LogP contribution is 2.22. The third-order valence-electron chi connectivity index (χ3n) is 3.65. The molecule has 2 aromatic rings. The van der Waals surface area contributed by atoms with Gasteiger partial charge in [-0.2, -0.15) is 11.8 Å². The summed E-state index contributed by atoms with van der Waals surface area (Å²) in [6.45, 7) is 1.63. The van der Waals surface area contributed by atoms with E-state index in [2.05, 4.69) is 10.5 Å². The molecule has 0 aliphatic heterocycles. The lowest BCUT2D eigenvalue weighted by Gasteiger charge is -2.17.